The number of hydrogen-bond donors (Lipinski definition) is 1. The molecule has 2 heterocycles. The van der Waals surface area contributed by atoms with Crippen molar-refractivity contribution in [1.82, 2.24) is 19.7 Å². The molecule has 0 fully saturated rings. The molecule has 1 N–H and O–H groups in total. The molecule has 2 rings (SSSR count). The second-order valence-corrected chi connectivity index (χ2v) is 4.82. The quantitative estimate of drug-likeness (QED) is 0.866. The summed E-state index contributed by atoms with van der Waals surface area (Å²) >= 11 is 6.72. The van der Waals surface area contributed by atoms with Gasteiger partial charge in [0.2, 0.25) is 0 Å². The third-order valence-electron chi connectivity index (χ3n) is 2.63. The van der Waals surface area contributed by atoms with Gasteiger partial charge in [0, 0.05) is 25.5 Å². The van der Waals surface area contributed by atoms with E-state index in [0.717, 1.165) is 29.7 Å². The summed E-state index contributed by atoms with van der Waals surface area (Å²) in [5.74, 6) is 0.782. The van der Waals surface area contributed by atoms with E-state index in [4.69, 9.17) is 12.2 Å². The summed E-state index contributed by atoms with van der Waals surface area (Å²) in [6.45, 7) is 6.17. The van der Waals surface area contributed by atoms with Gasteiger partial charge in [0.1, 0.15) is 5.69 Å². The van der Waals surface area contributed by atoms with Crippen molar-refractivity contribution < 1.29 is 0 Å². The zero-order chi connectivity index (χ0) is 12.4. The number of aromatic nitrogens is 4. The Morgan fingerprint density at radius 1 is 1.47 bits per heavy atom. The first-order chi connectivity index (χ1) is 8.17. The third-order valence-corrected chi connectivity index (χ3v) is 3.90. The van der Waals surface area contributed by atoms with Gasteiger partial charge in [-0.25, -0.2) is 4.98 Å². The summed E-state index contributed by atoms with van der Waals surface area (Å²) in [7, 11) is 1.89. The molecule has 0 amide bonds. The SMILES string of the molecule is CCN(CC)c1nc(-c2n[nH]c(=S)n2C)cs1. The zero-order valence-electron chi connectivity index (χ0n) is 10.1. The lowest BCUT2D eigenvalue weighted by Crippen LogP contribution is -2.21. The molecule has 7 heteroatoms. The van der Waals surface area contributed by atoms with E-state index in [1.807, 2.05) is 17.0 Å². The largest absolute Gasteiger partial charge is 0.349 e. The molecule has 2 aromatic heterocycles. The van der Waals surface area contributed by atoms with Crippen molar-refractivity contribution in [3.8, 4) is 11.5 Å². The van der Waals surface area contributed by atoms with Crippen molar-refractivity contribution in [2.45, 2.75) is 13.8 Å². The molecule has 0 saturated carbocycles. The molecule has 0 radical (unpaired) electrons. The summed E-state index contributed by atoms with van der Waals surface area (Å²) in [5.41, 5.74) is 0.867. The van der Waals surface area contributed by atoms with Crippen LogP contribution in [0.2, 0.25) is 0 Å². The van der Waals surface area contributed by atoms with Crippen molar-refractivity contribution in [2.24, 2.45) is 7.05 Å². The van der Waals surface area contributed by atoms with Crippen LogP contribution >= 0.6 is 23.6 Å². The zero-order valence-corrected chi connectivity index (χ0v) is 11.7. The second-order valence-electron chi connectivity index (χ2n) is 3.60. The van der Waals surface area contributed by atoms with Crippen molar-refractivity contribution in [2.75, 3.05) is 18.0 Å². The summed E-state index contributed by atoms with van der Waals surface area (Å²) in [5, 5.41) is 9.99. The number of nitrogens with zero attached hydrogens (tertiary/aromatic N) is 4. The molecule has 17 heavy (non-hydrogen) atoms. The third kappa shape index (κ3) is 2.25. The maximum atomic E-state index is 5.09. The smallest absolute Gasteiger partial charge is 0.195 e. The number of aromatic amines is 1. The molecule has 92 valence electrons. The maximum absolute atomic E-state index is 5.09. The van der Waals surface area contributed by atoms with Gasteiger partial charge in [-0.3, -0.25) is 5.10 Å². The minimum Gasteiger partial charge on any atom is -0.349 e. The summed E-state index contributed by atoms with van der Waals surface area (Å²) < 4.78 is 2.44. The molecule has 0 aliphatic carbocycles. The standard InChI is InChI=1S/C10H15N5S2/c1-4-15(5-2)10-11-7(6-17-10)8-12-13-9(16)14(8)3/h6H,4-5H2,1-3H3,(H,13,16). The average molecular weight is 269 g/mol. The lowest BCUT2D eigenvalue weighted by atomic mass is 10.4. The molecule has 0 spiro atoms. The highest BCUT2D eigenvalue weighted by atomic mass is 32.1. The van der Waals surface area contributed by atoms with E-state index < -0.39 is 0 Å². The van der Waals surface area contributed by atoms with Gasteiger partial charge < -0.3 is 9.47 Å². The van der Waals surface area contributed by atoms with Gasteiger partial charge >= 0.3 is 0 Å². The molecule has 0 aliphatic rings. The first-order valence-corrected chi connectivity index (χ1v) is 6.78. The van der Waals surface area contributed by atoms with Crippen LogP contribution in [0.5, 0.6) is 0 Å². The van der Waals surface area contributed by atoms with Crippen LogP contribution in [0.25, 0.3) is 11.5 Å². The van der Waals surface area contributed by atoms with E-state index in [0.29, 0.717) is 4.77 Å². The lowest BCUT2D eigenvalue weighted by molar-refractivity contribution is 0.857. The Morgan fingerprint density at radius 3 is 2.71 bits per heavy atom. The number of rotatable bonds is 4. The Labute approximate surface area is 109 Å². The molecule has 5 nitrogen and oxygen atoms in total. The summed E-state index contributed by atoms with van der Waals surface area (Å²) in [6.07, 6.45) is 0. The molecule has 0 unspecified atom stereocenters. The Morgan fingerprint density at radius 2 is 2.18 bits per heavy atom. The number of thiazole rings is 1. The highest BCUT2D eigenvalue weighted by molar-refractivity contribution is 7.71. The van der Waals surface area contributed by atoms with Gasteiger partial charge in [-0.2, -0.15) is 5.10 Å². The van der Waals surface area contributed by atoms with Crippen LogP contribution in [0.1, 0.15) is 13.8 Å². The van der Waals surface area contributed by atoms with Crippen LogP contribution in [-0.4, -0.2) is 32.8 Å². The number of nitrogens with one attached hydrogen (secondary N) is 1. The Balaban J connectivity index is 2.36. The average Bonchev–Trinajstić information content (AvgIpc) is 2.90. The molecular weight excluding hydrogens is 254 g/mol. The Hall–Kier alpha value is -1.21. The van der Waals surface area contributed by atoms with Crippen molar-refractivity contribution >= 4 is 28.7 Å². The van der Waals surface area contributed by atoms with Crippen LogP contribution in [0.15, 0.2) is 5.38 Å². The van der Waals surface area contributed by atoms with E-state index in [2.05, 4.69) is 33.9 Å². The summed E-state index contributed by atoms with van der Waals surface area (Å²) in [6, 6.07) is 0. The maximum Gasteiger partial charge on any atom is 0.195 e. The topological polar surface area (TPSA) is 49.7 Å². The van der Waals surface area contributed by atoms with E-state index in [-0.39, 0.29) is 0 Å². The van der Waals surface area contributed by atoms with Crippen LogP contribution in [0.3, 0.4) is 0 Å². The number of anilines is 1. The molecule has 0 bridgehead atoms. The minimum atomic E-state index is 0.609. The number of hydrogen-bond acceptors (Lipinski definition) is 5. The van der Waals surface area contributed by atoms with Gasteiger partial charge in [0.25, 0.3) is 0 Å². The first-order valence-electron chi connectivity index (χ1n) is 5.49. The Bertz CT molecular complexity index is 549. The fourth-order valence-corrected chi connectivity index (χ4v) is 2.65. The predicted molar refractivity (Wildman–Crippen MR) is 73.1 cm³/mol. The molecule has 0 atom stereocenters. The Kier molecular flexibility index (Phi) is 3.58. The minimum absolute atomic E-state index is 0.609. The predicted octanol–water partition coefficient (Wildman–Crippen LogP) is 2.45. The van der Waals surface area contributed by atoms with Crippen molar-refractivity contribution in [3.05, 3.63) is 10.2 Å². The van der Waals surface area contributed by atoms with Crippen LogP contribution in [-0.2, 0) is 7.05 Å². The van der Waals surface area contributed by atoms with Crippen molar-refractivity contribution in [1.29, 1.82) is 0 Å². The van der Waals surface area contributed by atoms with E-state index in [1.54, 1.807) is 11.3 Å². The highest BCUT2D eigenvalue weighted by Gasteiger charge is 2.12. The fraction of sp³-hybridized carbons (Fsp3) is 0.500. The van der Waals surface area contributed by atoms with Crippen LogP contribution < -0.4 is 4.90 Å². The number of H-pyrrole nitrogens is 1. The monoisotopic (exact) mass is 269 g/mol. The molecule has 2 aromatic rings. The fourth-order valence-electron chi connectivity index (χ4n) is 1.58. The van der Waals surface area contributed by atoms with Gasteiger partial charge in [-0.05, 0) is 26.1 Å². The van der Waals surface area contributed by atoms with Crippen LogP contribution in [0, 0.1) is 4.77 Å². The van der Waals surface area contributed by atoms with E-state index in [1.165, 1.54) is 0 Å². The highest BCUT2D eigenvalue weighted by Crippen LogP contribution is 2.25. The molecule has 0 aliphatic heterocycles. The van der Waals surface area contributed by atoms with Gasteiger partial charge in [0.15, 0.2) is 15.7 Å². The van der Waals surface area contributed by atoms with Crippen molar-refractivity contribution in [3.63, 3.8) is 0 Å². The van der Waals surface area contributed by atoms with E-state index >= 15 is 0 Å². The van der Waals surface area contributed by atoms with Crippen LogP contribution in [0.4, 0.5) is 5.13 Å². The van der Waals surface area contributed by atoms with Gasteiger partial charge in [-0.1, -0.05) is 0 Å². The molecule has 0 saturated heterocycles. The van der Waals surface area contributed by atoms with Gasteiger partial charge in [0.05, 0.1) is 0 Å². The summed E-state index contributed by atoms with van der Waals surface area (Å²) in [4.78, 5) is 6.81. The molecular formula is C10H15N5S2. The van der Waals surface area contributed by atoms with E-state index in [9.17, 15) is 0 Å². The lowest BCUT2D eigenvalue weighted by Gasteiger charge is -2.16. The van der Waals surface area contributed by atoms with Gasteiger partial charge in [-0.15, -0.1) is 11.3 Å². The molecule has 0 aromatic carbocycles. The first kappa shape index (κ1) is 12.3. The second kappa shape index (κ2) is 4.97. The normalized spacial score (nSPS) is 10.8.